The van der Waals surface area contributed by atoms with Crippen molar-refractivity contribution in [3.8, 4) is 0 Å². The number of aryl methyl sites for hydroxylation is 1. The van der Waals surface area contributed by atoms with Crippen molar-refractivity contribution in [2.45, 2.75) is 35.8 Å². The summed E-state index contributed by atoms with van der Waals surface area (Å²) in [5, 5.41) is 2.17. The van der Waals surface area contributed by atoms with Gasteiger partial charge in [0.05, 0.1) is 22.2 Å². The highest BCUT2D eigenvalue weighted by molar-refractivity contribution is 8.00. The Hall–Kier alpha value is -4.16. The number of nitrogens with zero attached hydrogens (tertiary/aromatic N) is 2. The summed E-state index contributed by atoms with van der Waals surface area (Å²) in [5.41, 5.74) is 1.05. The van der Waals surface area contributed by atoms with Gasteiger partial charge in [-0.1, -0.05) is 71.6 Å². The Morgan fingerprint density at radius 2 is 1.67 bits per heavy atom. The largest absolute Gasteiger partial charge is 0.416 e. The van der Waals surface area contributed by atoms with Crippen LogP contribution in [0.5, 0.6) is 0 Å². The minimum atomic E-state index is -4.66. The van der Waals surface area contributed by atoms with Crippen LogP contribution in [-0.4, -0.2) is 27.5 Å². The molecule has 0 aliphatic carbocycles. The predicted octanol–water partition coefficient (Wildman–Crippen LogP) is 5.67. The Kier molecular flexibility index (Phi) is 7.06. The van der Waals surface area contributed by atoms with Gasteiger partial charge in [-0.2, -0.15) is 13.2 Å². The van der Waals surface area contributed by atoms with Gasteiger partial charge in [0, 0.05) is 16.5 Å². The summed E-state index contributed by atoms with van der Waals surface area (Å²) >= 11 is 1.90. The fourth-order valence-electron chi connectivity index (χ4n) is 5.42. The van der Waals surface area contributed by atoms with Crippen LogP contribution in [0.2, 0.25) is 0 Å². The van der Waals surface area contributed by atoms with Crippen molar-refractivity contribution < 1.29 is 27.6 Å². The first kappa shape index (κ1) is 28.0. The molecule has 42 heavy (non-hydrogen) atoms. The highest BCUT2D eigenvalue weighted by atomic mass is 32.2. The number of benzene rings is 3. The van der Waals surface area contributed by atoms with Crippen LogP contribution in [0.15, 0.2) is 88.7 Å². The number of carbonyl (C=O) groups excluding carboxylic acids is 3. The molecule has 3 unspecified atom stereocenters. The third kappa shape index (κ3) is 4.94. The minimum absolute atomic E-state index is 0.167. The molecule has 3 amide bonds. The van der Waals surface area contributed by atoms with Crippen molar-refractivity contribution in [3.05, 3.63) is 110 Å². The van der Waals surface area contributed by atoms with Crippen LogP contribution in [0.1, 0.15) is 27.5 Å². The summed E-state index contributed by atoms with van der Waals surface area (Å²) in [6, 6.07) is 20.2. The summed E-state index contributed by atoms with van der Waals surface area (Å²) in [5.74, 6) is -3.42. The van der Waals surface area contributed by atoms with E-state index >= 15 is 0 Å². The standard InChI is InChI=1S/C30H22F3N3O4S2/c1-16-7-5-11-19(13-16)34-21(37)15-35-28-25(42-29(35)40)22(17-8-3-2-4-9-17)23-24(41-28)27(39)36(26(23)38)20-12-6-10-18(14-20)30(31,32)33/h2-14,22-24H,15H2,1H3,(H,34,37). The normalized spacial score (nSPS) is 19.9. The third-order valence-electron chi connectivity index (χ3n) is 7.24. The maximum atomic E-state index is 13.9. The molecule has 12 heteroatoms. The van der Waals surface area contributed by atoms with E-state index in [-0.39, 0.29) is 12.2 Å². The summed E-state index contributed by atoms with van der Waals surface area (Å²) in [7, 11) is 0. The number of alkyl halides is 3. The number of fused-ring (bicyclic) bond motifs is 2. The molecule has 1 N–H and O–H groups in total. The smallest absolute Gasteiger partial charge is 0.325 e. The maximum absolute atomic E-state index is 13.9. The van der Waals surface area contributed by atoms with Crippen LogP contribution >= 0.6 is 23.1 Å². The highest BCUT2D eigenvalue weighted by Crippen LogP contribution is 2.54. The van der Waals surface area contributed by atoms with Gasteiger partial charge in [-0.25, -0.2) is 4.90 Å². The first-order valence-electron chi connectivity index (χ1n) is 12.9. The summed E-state index contributed by atoms with van der Waals surface area (Å²) < 4.78 is 41.7. The van der Waals surface area contributed by atoms with Crippen molar-refractivity contribution >= 4 is 52.2 Å². The molecule has 6 rings (SSSR count). The number of carbonyl (C=O) groups is 3. The number of anilines is 2. The number of aromatic nitrogens is 1. The van der Waals surface area contributed by atoms with E-state index in [1.807, 2.05) is 13.0 Å². The molecular formula is C30H22F3N3O4S2. The second kappa shape index (κ2) is 10.6. The number of hydrogen-bond donors (Lipinski definition) is 1. The van der Waals surface area contributed by atoms with E-state index in [4.69, 9.17) is 0 Å². The molecule has 0 saturated carbocycles. The Bertz CT molecular complexity index is 1780. The summed E-state index contributed by atoms with van der Waals surface area (Å²) in [4.78, 5) is 54.8. The fourth-order valence-corrected chi connectivity index (χ4v) is 8.19. The molecular weight excluding hydrogens is 587 g/mol. The molecule has 4 aromatic rings. The minimum Gasteiger partial charge on any atom is -0.325 e. The van der Waals surface area contributed by atoms with Crippen LogP contribution in [-0.2, 0) is 27.1 Å². The van der Waals surface area contributed by atoms with Crippen LogP contribution < -0.4 is 15.1 Å². The number of nitrogens with one attached hydrogen (secondary N) is 1. The zero-order valence-electron chi connectivity index (χ0n) is 21.9. The number of thioether (sulfide) groups is 1. The van der Waals surface area contributed by atoms with E-state index in [0.29, 0.717) is 21.2 Å². The van der Waals surface area contributed by atoms with Gasteiger partial charge in [-0.15, -0.1) is 0 Å². The van der Waals surface area contributed by atoms with Gasteiger partial charge in [-0.05, 0) is 48.4 Å². The Balaban J connectivity index is 1.40. The van der Waals surface area contributed by atoms with Crippen molar-refractivity contribution in [3.63, 3.8) is 0 Å². The Labute approximate surface area is 246 Å². The number of imide groups is 1. The third-order valence-corrected chi connectivity index (χ3v) is 9.85. The Morgan fingerprint density at radius 1 is 0.929 bits per heavy atom. The van der Waals surface area contributed by atoms with E-state index in [9.17, 15) is 32.3 Å². The van der Waals surface area contributed by atoms with Crippen molar-refractivity contribution in [1.82, 2.24) is 4.57 Å². The fraction of sp³-hybridized carbons (Fsp3) is 0.200. The first-order valence-corrected chi connectivity index (χ1v) is 14.6. The zero-order valence-corrected chi connectivity index (χ0v) is 23.6. The van der Waals surface area contributed by atoms with Gasteiger partial charge in [0.25, 0.3) is 0 Å². The quantitative estimate of drug-likeness (QED) is 0.295. The average molecular weight is 610 g/mol. The molecule has 7 nitrogen and oxygen atoms in total. The van der Waals surface area contributed by atoms with Crippen LogP contribution in [0.4, 0.5) is 24.5 Å². The van der Waals surface area contributed by atoms with E-state index < -0.39 is 51.4 Å². The molecule has 2 aliphatic heterocycles. The molecule has 3 atom stereocenters. The number of hydrogen-bond acceptors (Lipinski definition) is 6. The predicted molar refractivity (Wildman–Crippen MR) is 154 cm³/mol. The van der Waals surface area contributed by atoms with E-state index in [1.165, 1.54) is 10.6 Å². The number of amides is 3. The van der Waals surface area contributed by atoms with Crippen LogP contribution in [0.3, 0.4) is 0 Å². The number of thiazole rings is 1. The molecule has 214 valence electrons. The first-order chi connectivity index (χ1) is 20.0. The summed E-state index contributed by atoms with van der Waals surface area (Å²) in [6.45, 7) is 1.57. The summed E-state index contributed by atoms with van der Waals surface area (Å²) in [6.07, 6.45) is -4.66. The molecule has 3 heterocycles. The molecule has 3 aromatic carbocycles. The van der Waals surface area contributed by atoms with Gasteiger partial charge >= 0.3 is 11.0 Å². The van der Waals surface area contributed by atoms with Crippen molar-refractivity contribution in [2.24, 2.45) is 5.92 Å². The molecule has 2 aliphatic rings. The second-order valence-corrected chi connectivity index (χ2v) is 12.2. The maximum Gasteiger partial charge on any atom is 0.416 e. The van der Waals surface area contributed by atoms with Crippen LogP contribution in [0.25, 0.3) is 0 Å². The molecule has 1 fully saturated rings. The lowest BCUT2D eigenvalue weighted by atomic mass is 9.83. The lowest BCUT2D eigenvalue weighted by Gasteiger charge is -2.30. The van der Waals surface area contributed by atoms with Gasteiger partial charge in [-0.3, -0.25) is 23.7 Å². The topological polar surface area (TPSA) is 88.5 Å². The molecule has 0 spiro atoms. The lowest BCUT2D eigenvalue weighted by Crippen LogP contribution is -2.33. The monoisotopic (exact) mass is 609 g/mol. The molecule has 1 saturated heterocycles. The molecule has 1 aromatic heterocycles. The SMILES string of the molecule is Cc1cccc(NC(=O)Cn2c3c(sc2=O)C(c2ccccc2)C2C(=O)N(c4cccc(C(F)(F)F)c4)C(=O)C2S3)c1. The lowest BCUT2D eigenvalue weighted by molar-refractivity contribution is -0.137. The molecule has 0 radical (unpaired) electrons. The van der Waals surface area contributed by atoms with Crippen molar-refractivity contribution in [1.29, 1.82) is 0 Å². The zero-order chi connectivity index (χ0) is 29.8. The number of halogens is 3. The number of rotatable bonds is 5. The van der Waals surface area contributed by atoms with Crippen LogP contribution in [0, 0.1) is 12.8 Å². The van der Waals surface area contributed by atoms with Gasteiger partial charge in [0.15, 0.2) is 0 Å². The van der Waals surface area contributed by atoms with E-state index in [0.717, 1.165) is 51.8 Å². The highest BCUT2D eigenvalue weighted by Gasteiger charge is 2.57. The van der Waals surface area contributed by atoms with E-state index in [2.05, 4.69) is 5.32 Å². The average Bonchev–Trinajstić information content (AvgIpc) is 3.39. The Morgan fingerprint density at radius 3 is 2.38 bits per heavy atom. The van der Waals surface area contributed by atoms with E-state index in [1.54, 1.807) is 48.5 Å². The molecule has 0 bridgehead atoms. The van der Waals surface area contributed by atoms with Gasteiger partial charge in [0.1, 0.15) is 11.8 Å². The van der Waals surface area contributed by atoms with Gasteiger partial charge < -0.3 is 5.32 Å². The van der Waals surface area contributed by atoms with Crippen molar-refractivity contribution in [2.75, 3.05) is 10.2 Å². The second-order valence-electron chi connectivity index (χ2n) is 10.1. The van der Waals surface area contributed by atoms with Gasteiger partial charge in [0.2, 0.25) is 17.7 Å².